The molecule has 6 heteroatoms. The highest BCUT2D eigenvalue weighted by Crippen LogP contribution is 2.13. The molecule has 120 valence electrons. The van der Waals surface area contributed by atoms with Gasteiger partial charge < -0.3 is 14.3 Å². The Morgan fingerprint density at radius 1 is 1.14 bits per heavy atom. The summed E-state index contributed by atoms with van der Waals surface area (Å²) in [4.78, 5) is 33.3. The Balaban J connectivity index is 2.28. The molecular weight excluding hydrogens is 304 g/mol. The number of esters is 2. The summed E-state index contributed by atoms with van der Waals surface area (Å²) in [6, 6.07) is 7.28. The summed E-state index contributed by atoms with van der Waals surface area (Å²) >= 11 is 1.68. The van der Waals surface area contributed by atoms with E-state index in [1.165, 1.54) is 14.2 Å². The molecule has 0 spiro atoms. The Bertz CT molecular complexity index is 498. The average Bonchev–Trinajstić information content (AvgIpc) is 2.57. The minimum absolute atomic E-state index is 0.344. The van der Waals surface area contributed by atoms with Gasteiger partial charge in [0.2, 0.25) is 0 Å². The molecule has 0 heterocycles. The Morgan fingerprint density at radius 3 is 2.36 bits per heavy atom. The zero-order chi connectivity index (χ0) is 16.4. The average molecular weight is 324 g/mol. The second-order valence-electron chi connectivity index (χ2n) is 4.61. The van der Waals surface area contributed by atoms with Gasteiger partial charge in [-0.1, -0.05) is 12.1 Å². The Kier molecular flexibility index (Phi) is 8.28. The van der Waals surface area contributed by atoms with E-state index in [0.29, 0.717) is 18.3 Å². The van der Waals surface area contributed by atoms with Crippen molar-refractivity contribution < 1.29 is 23.9 Å². The number of carbonyl (C=O) groups excluding carboxylic acids is 3. The van der Waals surface area contributed by atoms with E-state index in [4.69, 9.17) is 0 Å². The third-order valence-electron chi connectivity index (χ3n) is 3.15. The van der Waals surface area contributed by atoms with Crippen molar-refractivity contribution in [1.29, 1.82) is 0 Å². The van der Waals surface area contributed by atoms with Gasteiger partial charge in [0, 0.05) is 0 Å². The van der Waals surface area contributed by atoms with Crippen LogP contribution in [0.2, 0.25) is 0 Å². The highest BCUT2D eigenvalue weighted by molar-refractivity contribution is 7.99. The fourth-order valence-corrected chi connectivity index (χ4v) is 2.83. The van der Waals surface area contributed by atoms with Gasteiger partial charge in [-0.3, -0.25) is 4.79 Å². The molecule has 0 aliphatic heterocycles. The quantitative estimate of drug-likeness (QED) is 0.300. The molecule has 0 bridgehead atoms. The van der Waals surface area contributed by atoms with Crippen LogP contribution >= 0.6 is 11.8 Å². The number of hydrogen-bond acceptors (Lipinski definition) is 6. The number of carbonyl (C=O) groups is 3. The van der Waals surface area contributed by atoms with Gasteiger partial charge >= 0.3 is 11.9 Å². The Morgan fingerprint density at radius 2 is 1.82 bits per heavy atom. The number of rotatable bonds is 9. The lowest BCUT2D eigenvalue weighted by Crippen LogP contribution is -2.18. The standard InChI is InChI=1S/C16H20O5S/c1-20-15(18)13-5-3-12(4-6-13)7-9-22-10-8-14(11-17)16(19)21-2/h3-6,11,14H,7-10H2,1-2H3. The van der Waals surface area contributed by atoms with Crippen LogP contribution in [0.15, 0.2) is 24.3 Å². The number of methoxy groups -OCH3 is 2. The highest BCUT2D eigenvalue weighted by Gasteiger charge is 2.17. The molecule has 0 fully saturated rings. The molecule has 0 saturated carbocycles. The lowest BCUT2D eigenvalue weighted by Gasteiger charge is -2.07. The second-order valence-corrected chi connectivity index (χ2v) is 5.83. The Hall–Kier alpha value is -1.82. The number of ether oxygens (including phenoxy) is 2. The van der Waals surface area contributed by atoms with Crippen molar-refractivity contribution in [2.24, 2.45) is 5.92 Å². The number of benzene rings is 1. The van der Waals surface area contributed by atoms with Gasteiger partial charge in [0.25, 0.3) is 0 Å². The van der Waals surface area contributed by atoms with Gasteiger partial charge in [0.05, 0.1) is 19.8 Å². The van der Waals surface area contributed by atoms with E-state index in [1.54, 1.807) is 23.9 Å². The maximum absolute atomic E-state index is 11.3. The lowest BCUT2D eigenvalue weighted by molar-refractivity contribution is -0.146. The summed E-state index contributed by atoms with van der Waals surface area (Å²) in [5.74, 6) is 0.109. The van der Waals surface area contributed by atoms with Crippen molar-refractivity contribution in [3.05, 3.63) is 35.4 Å². The van der Waals surface area contributed by atoms with E-state index in [0.717, 1.165) is 23.5 Å². The maximum Gasteiger partial charge on any atom is 0.337 e. The normalized spacial score (nSPS) is 11.5. The van der Waals surface area contributed by atoms with E-state index in [1.807, 2.05) is 12.1 Å². The first-order chi connectivity index (χ1) is 10.6. The second kappa shape index (κ2) is 10.00. The molecule has 0 aliphatic rings. The first-order valence-corrected chi connectivity index (χ1v) is 8.06. The molecule has 0 amide bonds. The molecule has 1 atom stereocenters. The number of aldehydes is 1. The van der Waals surface area contributed by atoms with Crippen molar-refractivity contribution in [3.63, 3.8) is 0 Å². The summed E-state index contributed by atoms with van der Waals surface area (Å²) in [6.45, 7) is 0. The van der Waals surface area contributed by atoms with Crippen molar-refractivity contribution in [3.8, 4) is 0 Å². The van der Waals surface area contributed by atoms with Crippen LogP contribution in [0.5, 0.6) is 0 Å². The van der Waals surface area contributed by atoms with Gasteiger partial charge in [-0.15, -0.1) is 0 Å². The van der Waals surface area contributed by atoms with Crippen LogP contribution in [0.1, 0.15) is 22.3 Å². The third-order valence-corrected chi connectivity index (χ3v) is 4.17. The first-order valence-electron chi connectivity index (χ1n) is 6.90. The number of hydrogen-bond donors (Lipinski definition) is 0. The van der Waals surface area contributed by atoms with Gasteiger partial charge in [0.1, 0.15) is 12.2 Å². The van der Waals surface area contributed by atoms with Gasteiger partial charge in [0.15, 0.2) is 0 Å². The van der Waals surface area contributed by atoms with E-state index in [-0.39, 0.29) is 5.97 Å². The monoisotopic (exact) mass is 324 g/mol. The summed E-state index contributed by atoms with van der Waals surface area (Å²) in [6.07, 6.45) is 1.98. The number of aryl methyl sites for hydroxylation is 1. The van der Waals surface area contributed by atoms with Crippen LogP contribution < -0.4 is 0 Å². The smallest absolute Gasteiger partial charge is 0.337 e. The topological polar surface area (TPSA) is 69.7 Å². The molecule has 0 saturated heterocycles. The van der Waals surface area contributed by atoms with Crippen LogP contribution in [0, 0.1) is 5.92 Å². The molecule has 5 nitrogen and oxygen atoms in total. The fourth-order valence-electron chi connectivity index (χ4n) is 1.82. The molecule has 0 N–H and O–H groups in total. The highest BCUT2D eigenvalue weighted by atomic mass is 32.2. The van der Waals surface area contributed by atoms with Crippen molar-refractivity contribution in [2.45, 2.75) is 12.8 Å². The molecule has 0 aliphatic carbocycles. The number of thioether (sulfide) groups is 1. The molecular formula is C16H20O5S. The molecule has 1 unspecified atom stereocenters. The van der Waals surface area contributed by atoms with Crippen molar-refractivity contribution >= 4 is 30.0 Å². The third kappa shape index (κ3) is 5.89. The molecule has 1 aromatic rings. The maximum atomic E-state index is 11.3. The predicted molar refractivity (Wildman–Crippen MR) is 85.0 cm³/mol. The van der Waals surface area contributed by atoms with Crippen molar-refractivity contribution in [2.75, 3.05) is 25.7 Å². The molecule has 0 radical (unpaired) electrons. The van der Waals surface area contributed by atoms with Crippen LogP contribution in [-0.4, -0.2) is 44.0 Å². The first kappa shape index (κ1) is 18.2. The minimum atomic E-state index is -0.670. The zero-order valence-corrected chi connectivity index (χ0v) is 13.6. The van der Waals surface area contributed by atoms with Gasteiger partial charge in [-0.2, -0.15) is 11.8 Å². The SMILES string of the molecule is COC(=O)c1ccc(CCSCCC(C=O)C(=O)OC)cc1. The summed E-state index contributed by atoms with van der Waals surface area (Å²) in [5, 5.41) is 0. The van der Waals surface area contributed by atoms with Crippen LogP contribution in [-0.2, 0) is 25.5 Å². The van der Waals surface area contributed by atoms with Crippen LogP contribution in [0.3, 0.4) is 0 Å². The summed E-state index contributed by atoms with van der Waals surface area (Å²) in [7, 11) is 2.64. The molecule has 1 aromatic carbocycles. The zero-order valence-electron chi connectivity index (χ0n) is 12.7. The van der Waals surface area contributed by atoms with Crippen molar-refractivity contribution in [1.82, 2.24) is 0 Å². The van der Waals surface area contributed by atoms with Gasteiger partial charge in [-0.05, 0) is 42.0 Å². The van der Waals surface area contributed by atoms with E-state index in [2.05, 4.69) is 9.47 Å². The largest absolute Gasteiger partial charge is 0.468 e. The molecule has 1 rings (SSSR count). The summed E-state index contributed by atoms with van der Waals surface area (Å²) < 4.78 is 9.19. The molecule has 22 heavy (non-hydrogen) atoms. The van der Waals surface area contributed by atoms with Crippen LogP contribution in [0.25, 0.3) is 0 Å². The van der Waals surface area contributed by atoms with Gasteiger partial charge in [-0.25, -0.2) is 4.79 Å². The van der Waals surface area contributed by atoms with E-state index in [9.17, 15) is 14.4 Å². The molecule has 0 aromatic heterocycles. The lowest BCUT2D eigenvalue weighted by atomic mass is 10.1. The fraction of sp³-hybridized carbons (Fsp3) is 0.438. The Labute approximate surface area is 134 Å². The van der Waals surface area contributed by atoms with E-state index < -0.39 is 11.9 Å². The summed E-state index contributed by atoms with van der Waals surface area (Å²) in [5.41, 5.74) is 1.66. The van der Waals surface area contributed by atoms with E-state index >= 15 is 0 Å². The van der Waals surface area contributed by atoms with Crippen LogP contribution in [0.4, 0.5) is 0 Å². The predicted octanol–water partition coefficient (Wildman–Crippen LogP) is 2.13. The minimum Gasteiger partial charge on any atom is -0.468 e.